The van der Waals surface area contributed by atoms with Crippen molar-refractivity contribution in [2.75, 3.05) is 19.7 Å². The third-order valence-corrected chi connectivity index (χ3v) is 6.40. The number of amides is 1. The number of benzene rings is 2. The van der Waals surface area contributed by atoms with Gasteiger partial charge in [0.1, 0.15) is 0 Å². The summed E-state index contributed by atoms with van der Waals surface area (Å²) in [6, 6.07) is 15.4. The molecule has 1 heterocycles. The Morgan fingerprint density at radius 2 is 1.50 bits per heavy atom. The fourth-order valence-electron chi connectivity index (χ4n) is 4.73. The first kappa shape index (κ1) is 20.3. The number of fused-ring (bicyclic) bond motifs is 1. The molecule has 1 aliphatic carbocycles. The molecule has 5 nitrogen and oxygen atoms in total. The highest BCUT2D eigenvalue weighted by molar-refractivity contribution is 6.14. The van der Waals surface area contributed by atoms with E-state index in [0.717, 1.165) is 25.4 Å². The molecule has 1 aliphatic heterocycles. The molecule has 2 atom stereocenters. The van der Waals surface area contributed by atoms with Crippen LogP contribution in [0.15, 0.2) is 54.6 Å². The maximum absolute atomic E-state index is 12.8. The highest BCUT2D eigenvalue weighted by atomic mass is 16.5. The molecular weight excluding hydrogens is 378 g/mol. The monoisotopic (exact) mass is 405 g/mol. The summed E-state index contributed by atoms with van der Waals surface area (Å²) >= 11 is 0. The molecule has 0 N–H and O–H groups in total. The third-order valence-electron chi connectivity index (χ3n) is 6.40. The number of nitrogens with zero attached hydrogens (tertiary/aromatic N) is 1. The van der Waals surface area contributed by atoms with Gasteiger partial charge in [0.2, 0.25) is 0 Å². The lowest BCUT2D eigenvalue weighted by Crippen LogP contribution is -2.46. The first-order chi connectivity index (χ1) is 14.6. The zero-order valence-electron chi connectivity index (χ0n) is 17.1. The Labute approximate surface area is 177 Å². The zero-order chi connectivity index (χ0) is 20.9. The average Bonchev–Trinajstić information content (AvgIpc) is 2.82. The van der Waals surface area contributed by atoms with Gasteiger partial charge < -0.3 is 9.64 Å². The van der Waals surface area contributed by atoms with E-state index in [1.807, 2.05) is 11.0 Å². The SMILES string of the molecule is O=C(OCC(=O)N1CC[C@@H]2CCCC[C@@H]2C1)c1ccccc1C(=O)c1ccccc1. The van der Waals surface area contributed by atoms with Gasteiger partial charge in [0.25, 0.3) is 5.91 Å². The number of ether oxygens (including phenoxy) is 1. The molecule has 1 amide bonds. The van der Waals surface area contributed by atoms with E-state index < -0.39 is 5.97 Å². The topological polar surface area (TPSA) is 63.7 Å². The highest BCUT2D eigenvalue weighted by Crippen LogP contribution is 2.36. The van der Waals surface area contributed by atoms with Crippen LogP contribution in [0.4, 0.5) is 0 Å². The molecule has 0 spiro atoms. The second-order valence-electron chi connectivity index (χ2n) is 8.25. The van der Waals surface area contributed by atoms with Crippen LogP contribution in [-0.2, 0) is 9.53 Å². The maximum Gasteiger partial charge on any atom is 0.339 e. The number of ketones is 1. The van der Waals surface area contributed by atoms with Crippen molar-refractivity contribution in [3.63, 3.8) is 0 Å². The fraction of sp³-hybridized carbons (Fsp3) is 0.400. The molecule has 1 saturated heterocycles. The third kappa shape index (κ3) is 4.45. The number of esters is 1. The number of likely N-dealkylation sites (tertiary alicyclic amines) is 1. The van der Waals surface area contributed by atoms with Crippen molar-refractivity contribution in [1.29, 1.82) is 0 Å². The second-order valence-corrected chi connectivity index (χ2v) is 8.25. The summed E-state index contributed by atoms with van der Waals surface area (Å²) < 4.78 is 5.32. The number of carbonyl (C=O) groups is 3. The van der Waals surface area contributed by atoms with Crippen molar-refractivity contribution in [2.24, 2.45) is 11.8 Å². The quantitative estimate of drug-likeness (QED) is 0.555. The Hall–Kier alpha value is -2.95. The molecule has 0 radical (unpaired) electrons. The van der Waals surface area contributed by atoms with Crippen molar-refractivity contribution < 1.29 is 19.1 Å². The summed E-state index contributed by atoms with van der Waals surface area (Å²) in [5.41, 5.74) is 0.971. The zero-order valence-corrected chi connectivity index (χ0v) is 17.1. The van der Waals surface area contributed by atoms with Crippen molar-refractivity contribution in [2.45, 2.75) is 32.1 Å². The number of hydrogen-bond acceptors (Lipinski definition) is 4. The molecule has 2 aromatic rings. The number of piperidine rings is 1. The van der Waals surface area contributed by atoms with Gasteiger partial charge >= 0.3 is 5.97 Å². The average molecular weight is 405 g/mol. The lowest BCUT2D eigenvalue weighted by molar-refractivity contribution is -0.137. The van der Waals surface area contributed by atoms with Gasteiger partial charge in [0.15, 0.2) is 12.4 Å². The van der Waals surface area contributed by atoms with Gasteiger partial charge in [-0.15, -0.1) is 0 Å². The summed E-state index contributed by atoms with van der Waals surface area (Å²) in [6.45, 7) is 1.22. The van der Waals surface area contributed by atoms with Crippen LogP contribution in [0.1, 0.15) is 58.4 Å². The predicted molar refractivity (Wildman–Crippen MR) is 113 cm³/mol. The summed E-state index contributed by atoms with van der Waals surface area (Å²) in [4.78, 5) is 39.9. The van der Waals surface area contributed by atoms with Crippen molar-refractivity contribution in [1.82, 2.24) is 4.90 Å². The van der Waals surface area contributed by atoms with Gasteiger partial charge in [0.05, 0.1) is 5.56 Å². The Morgan fingerprint density at radius 3 is 2.27 bits per heavy atom. The Bertz CT molecular complexity index is 924. The van der Waals surface area contributed by atoms with Gasteiger partial charge in [0, 0.05) is 24.2 Å². The van der Waals surface area contributed by atoms with Crippen LogP contribution in [-0.4, -0.2) is 42.3 Å². The van der Waals surface area contributed by atoms with Crippen LogP contribution in [0.5, 0.6) is 0 Å². The van der Waals surface area contributed by atoms with E-state index in [1.165, 1.54) is 25.7 Å². The van der Waals surface area contributed by atoms with Crippen molar-refractivity contribution in [3.05, 3.63) is 71.3 Å². The molecule has 4 rings (SSSR count). The minimum Gasteiger partial charge on any atom is -0.452 e. The van der Waals surface area contributed by atoms with E-state index >= 15 is 0 Å². The van der Waals surface area contributed by atoms with Gasteiger partial charge in [-0.2, -0.15) is 0 Å². The van der Waals surface area contributed by atoms with Crippen LogP contribution >= 0.6 is 0 Å². The Balaban J connectivity index is 1.39. The molecule has 0 bridgehead atoms. The molecule has 30 heavy (non-hydrogen) atoms. The van der Waals surface area contributed by atoms with Gasteiger partial charge in [-0.25, -0.2) is 4.79 Å². The predicted octanol–water partition coefficient (Wildman–Crippen LogP) is 4.11. The summed E-state index contributed by atoms with van der Waals surface area (Å²) in [5, 5.41) is 0. The minimum atomic E-state index is -0.643. The molecule has 156 valence electrons. The molecule has 0 aromatic heterocycles. The highest BCUT2D eigenvalue weighted by Gasteiger charge is 2.33. The van der Waals surface area contributed by atoms with Gasteiger partial charge in [-0.1, -0.05) is 67.8 Å². The van der Waals surface area contributed by atoms with Crippen LogP contribution in [0.2, 0.25) is 0 Å². The lowest BCUT2D eigenvalue weighted by atomic mass is 9.75. The van der Waals surface area contributed by atoms with E-state index in [0.29, 0.717) is 11.5 Å². The van der Waals surface area contributed by atoms with E-state index in [4.69, 9.17) is 4.74 Å². The lowest BCUT2D eigenvalue weighted by Gasteiger charge is -2.41. The molecular formula is C25H27NO4. The molecule has 5 heteroatoms. The number of rotatable bonds is 5. The van der Waals surface area contributed by atoms with E-state index in [2.05, 4.69) is 0 Å². The molecule has 2 fully saturated rings. The van der Waals surface area contributed by atoms with Crippen LogP contribution in [0.25, 0.3) is 0 Å². The first-order valence-corrected chi connectivity index (χ1v) is 10.8. The fourth-order valence-corrected chi connectivity index (χ4v) is 4.73. The van der Waals surface area contributed by atoms with Crippen LogP contribution in [0, 0.1) is 11.8 Å². The van der Waals surface area contributed by atoms with E-state index in [-0.39, 0.29) is 29.4 Å². The summed E-state index contributed by atoms with van der Waals surface area (Å²) in [6.07, 6.45) is 6.04. The normalized spacial score (nSPS) is 20.9. The van der Waals surface area contributed by atoms with E-state index in [9.17, 15) is 14.4 Å². The van der Waals surface area contributed by atoms with Gasteiger partial charge in [-0.3, -0.25) is 9.59 Å². The summed E-state index contributed by atoms with van der Waals surface area (Å²) in [7, 11) is 0. The molecule has 2 aromatic carbocycles. The molecule has 1 saturated carbocycles. The van der Waals surface area contributed by atoms with Crippen molar-refractivity contribution >= 4 is 17.7 Å². The van der Waals surface area contributed by atoms with Crippen molar-refractivity contribution in [3.8, 4) is 0 Å². The maximum atomic E-state index is 12.8. The smallest absolute Gasteiger partial charge is 0.339 e. The Kier molecular flexibility index (Phi) is 6.26. The Morgan fingerprint density at radius 1 is 0.833 bits per heavy atom. The largest absolute Gasteiger partial charge is 0.452 e. The first-order valence-electron chi connectivity index (χ1n) is 10.8. The van der Waals surface area contributed by atoms with Crippen LogP contribution in [0.3, 0.4) is 0 Å². The van der Waals surface area contributed by atoms with Gasteiger partial charge in [-0.05, 0) is 30.7 Å². The van der Waals surface area contributed by atoms with E-state index in [1.54, 1.807) is 48.5 Å². The second kappa shape index (κ2) is 9.24. The standard InChI is InChI=1S/C25H27NO4/c27-23(26-15-14-18-8-4-5-11-20(18)16-26)17-30-25(29)22-13-7-6-12-21(22)24(28)19-9-2-1-3-10-19/h1-3,6-7,9-10,12-13,18,20H,4-5,8,11,14-17H2/t18-,20+/m0/s1. The molecule has 0 unspecified atom stereocenters. The number of hydrogen-bond donors (Lipinski definition) is 0. The minimum absolute atomic E-state index is 0.153. The number of carbonyl (C=O) groups excluding carboxylic acids is 3. The molecule has 2 aliphatic rings. The van der Waals surface area contributed by atoms with Crippen LogP contribution < -0.4 is 0 Å². The summed E-state index contributed by atoms with van der Waals surface area (Å²) in [5.74, 6) is 0.279.